The number of nitrogens with zero attached hydrogens (tertiary/aromatic N) is 2. The molecule has 1 aromatic heterocycles. The second-order valence-electron chi connectivity index (χ2n) is 5.09. The third-order valence-corrected chi connectivity index (χ3v) is 4.21. The number of imidazole rings is 1. The maximum atomic E-state index is 14.1. The van der Waals surface area contributed by atoms with Crippen LogP contribution in [-0.2, 0) is 19.5 Å². The van der Waals surface area contributed by atoms with E-state index in [4.69, 9.17) is 4.98 Å². The van der Waals surface area contributed by atoms with Gasteiger partial charge >= 0.3 is 0 Å². The normalized spacial score (nSPS) is 14.3. The monoisotopic (exact) mass is 337 g/mol. The number of halogens is 2. The van der Waals surface area contributed by atoms with Gasteiger partial charge in [0, 0.05) is 22.3 Å². The molecule has 1 aliphatic rings. The third-order valence-electron chi connectivity index (χ3n) is 3.72. The topological polar surface area (TPSA) is 29.9 Å². The molecule has 1 aliphatic heterocycles. The van der Waals surface area contributed by atoms with Gasteiger partial charge < -0.3 is 9.88 Å². The van der Waals surface area contributed by atoms with Crippen LogP contribution in [0.1, 0.15) is 24.4 Å². The van der Waals surface area contributed by atoms with Gasteiger partial charge in [0.2, 0.25) is 0 Å². The van der Waals surface area contributed by atoms with E-state index in [-0.39, 0.29) is 5.82 Å². The average Bonchev–Trinajstić information content (AvgIpc) is 2.81. The second-order valence-corrected chi connectivity index (χ2v) is 6.00. The van der Waals surface area contributed by atoms with Crippen LogP contribution in [0.25, 0.3) is 11.3 Å². The van der Waals surface area contributed by atoms with E-state index in [1.54, 1.807) is 6.07 Å². The molecular formula is C15H17BrFN3. The highest BCUT2D eigenvalue weighted by Gasteiger charge is 2.22. The molecule has 0 saturated heterocycles. The van der Waals surface area contributed by atoms with Gasteiger partial charge in [-0.2, -0.15) is 0 Å². The molecule has 0 unspecified atom stereocenters. The summed E-state index contributed by atoms with van der Waals surface area (Å²) in [6, 6.07) is 5.03. The fourth-order valence-corrected chi connectivity index (χ4v) is 3.17. The predicted octanol–water partition coefficient (Wildman–Crippen LogP) is 3.51. The van der Waals surface area contributed by atoms with Crippen LogP contribution in [0.5, 0.6) is 0 Å². The number of benzene rings is 1. The molecule has 3 rings (SSSR count). The first-order valence-electron chi connectivity index (χ1n) is 6.89. The summed E-state index contributed by atoms with van der Waals surface area (Å²) in [5.41, 5.74) is 2.56. The summed E-state index contributed by atoms with van der Waals surface area (Å²) >= 11 is 3.41. The van der Waals surface area contributed by atoms with Gasteiger partial charge in [-0.3, -0.25) is 0 Å². The van der Waals surface area contributed by atoms with E-state index in [0.29, 0.717) is 12.1 Å². The summed E-state index contributed by atoms with van der Waals surface area (Å²) < 4.78 is 17.3. The number of nitrogens with one attached hydrogen (secondary N) is 1. The molecule has 0 fully saturated rings. The first-order chi connectivity index (χ1) is 9.70. The largest absolute Gasteiger partial charge is 0.330 e. The minimum absolute atomic E-state index is 0.212. The Kier molecular flexibility index (Phi) is 3.89. The first kappa shape index (κ1) is 13.8. The van der Waals surface area contributed by atoms with E-state index in [1.165, 1.54) is 18.2 Å². The molecule has 106 valence electrons. The fraction of sp³-hybridized carbons (Fsp3) is 0.400. The van der Waals surface area contributed by atoms with Gasteiger partial charge in [0.25, 0.3) is 0 Å². The Labute approximate surface area is 126 Å². The van der Waals surface area contributed by atoms with Gasteiger partial charge in [0.05, 0.1) is 12.2 Å². The van der Waals surface area contributed by atoms with Crippen LogP contribution in [0.4, 0.5) is 4.39 Å². The van der Waals surface area contributed by atoms with Crippen molar-refractivity contribution in [3.8, 4) is 11.3 Å². The molecule has 0 bridgehead atoms. The third kappa shape index (κ3) is 2.40. The van der Waals surface area contributed by atoms with Crippen LogP contribution >= 0.6 is 15.9 Å². The van der Waals surface area contributed by atoms with E-state index in [0.717, 1.165) is 35.4 Å². The lowest BCUT2D eigenvalue weighted by Gasteiger charge is -2.17. The SMILES string of the molecule is CNCc1nc(-c2cc(Br)ccc2F)c2n1CCCC2. The van der Waals surface area contributed by atoms with Crippen molar-refractivity contribution < 1.29 is 4.39 Å². The molecule has 1 aromatic carbocycles. The van der Waals surface area contributed by atoms with Crippen molar-refractivity contribution in [3.05, 3.63) is 40.0 Å². The van der Waals surface area contributed by atoms with Crippen molar-refractivity contribution >= 4 is 15.9 Å². The molecule has 0 saturated carbocycles. The Morgan fingerprint density at radius 1 is 1.40 bits per heavy atom. The zero-order valence-electron chi connectivity index (χ0n) is 11.4. The maximum Gasteiger partial charge on any atom is 0.132 e. The van der Waals surface area contributed by atoms with Crippen molar-refractivity contribution in [3.63, 3.8) is 0 Å². The van der Waals surface area contributed by atoms with Gasteiger partial charge in [0.15, 0.2) is 0 Å². The summed E-state index contributed by atoms with van der Waals surface area (Å²) in [4.78, 5) is 4.69. The number of hydrogen-bond acceptors (Lipinski definition) is 2. The molecule has 0 amide bonds. The Balaban J connectivity index is 2.15. The van der Waals surface area contributed by atoms with Crippen LogP contribution in [0, 0.1) is 5.82 Å². The Bertz CT molecular complexity index is 636. The van der Waals surface area contributed by atoms with Crippen molar-refractivity contribution in [2.75, 3.05) is 7.05 Å². The molecule has 20 heavy (non-hydrogen) atoms. The Morgan fingerprint density at radius 3 is 3.05 bits per heavy atom. The molecule has 0 atom stereocenters. The minimum Gasteiger partial charge on any atom is -0.330 e. The summed E-state index contributed by atoms with van der Waals surface area (Å²) in [5, 5.41) is 3.14. The second kappa shape index (κ2) is 5.66. The van der Waals surface area contributed by atoms with Crippen LogP contribution in [0.2, 0.25) is 0 Å². The highest BCUT2D eigenvalue weighted by molar-refractivity contribution is 9.10. The molecule has 5 heteroatoms. The van der Waals surface area contributed by atoms with E-state index in [9.17, 15) is 4.39 Å². The van der Waals surface area contributed by atoms with E-state index in [2.05, 4.69) is 25.8 Å². The quantitative estimate of drug-likeness (QED) is 0.928. The first-order valence-corrected chi connectivity index (χ1v) is 7.68. The van der Waals surface area contributed by atoms with Gasteiger partial charge in [-0.15, -0.1) is 0 Å². The van der Waals surface area contributed by atoms with Crippen molar-refractivity contribution in [2.24, 2.45) is 0 Å². The molecule has 0 spiro atoms. The van der Waals surface area contributed by atoms with Gasteiger partial charge in [-0.25, -0.2) is 9.37 Å². The zero-order chi connectivity index (χ0) is 14.1. The minimum atomic E-state index is -0.212. The Hall–Kier alpha value is -1.20. The van der Waals surface area contributed by atoms with Crippen LogP contribution in [-0.4, -0.2) is 16.6 Å². The summed E-state index contributed by atoms with van der Waals surface area (Å²) in [6.45, 7) is 1.69. The summed E-state index contributed by atoms with van der Waals surface area (Å²) in [5.74, 6) is 0.784. The van der Waals surface area contributed by atoms with Crippen molar-refractivity contribution in [1.29, 1.82) is 0 Å². The molecule has 0 radical (unpaired) electrons. The lowest BCUT2D eigenvalue weighted by Crippen LogP contribution is -2.16. The van der Waals surface area contributed by atoms with Gasteiger partial charge in [-0.05, 0) is 44.5 Å². The summed E-state index contributed by atoms with van der Waals surface area (Å²) in [7, 11) is 1.91. The van der Waals surface area contributed by atoms with Crippen LogP contribution < -0.4 is 5.32 Å². The van der Waals surface area contributed by atoms with Crippen molar-refractivity contribution in [1.82, 2.24) is 14.9 Å². The van der Waals surface area contributed by atoms with Gasteiger partial charge in [-0.1, -0.05) is 15.9 Å². The molecule has 2 heterocycles. The Morgan fingerprint density at radius 2 is 2.25 bits per heavy atom. The smallest absolute Gasteiger partial charge is 0.132 e. The van der Waals surface area contributed by atoms with Crippen molar-refractivity contribution in [2.45, 2.75) is 32.4 Å². The maximum absolute atomic E-state index is 14.1. The predicted molar refractivity (Wildman–Crippen MR) is 81.0 cm³/mol. The molecule has 1 N–H and O–H groups in total. The van der Waals surface area contributed by atoms with E-state index >= 15 is 0 Å². The molecule has 2 aromatic rings. The van der Waals surface area contributed by atoms with E-state index < -0.39 is 0 Å². The lowest BCUT2D eigenvalue weighted by atomic mass is 10.0. The standard InChI is InChI=1S/C15H17BrFN3/c1-18-9-14-19-15(13-4-2-3-7-20(13)14)11-8-10(16)5-6-12(11)17/h5-6,8,18H,2-4,7,9H2,1H3. The molecule has 3 nitrogen and oxygen atoms in total. The number of rotatable bonds is 3. The van der Waals surface area contributed by atoms with E-state index in [1.807, 2.05) is 13.1 Å². The average molecular weight is 338 g/mol. The summed E-state index contributed by atoms with van der Waals surface area (Å²) in [6.07, 6.45) is 3.28. The molecular weight excluding hydrogens is 321 g/mol. The zero-order valence-corrected chi connectivity index (χ0v) is 13.0. The lowest BCUT2D eigenvalue weighted by molar-refractivity contribution is 0.508. The van der Waals surface area contributed by atoms with Crippen LogP contribution in [0.15, 0.2) is 22.7 Å². The number of hydrogen-bond donors (Lipinski definition) is 1. The highest BCUT2D eigenvalue weighted by atomic mass is 79.9. The number of aromatic nitrogens is 2. The van der Waals surface area contributed by atoms with Gasteiger partial charge in [0.1, 0.15) is 11.6 Å². The van der Waals surface area contributed by atoms with Crippen LogP contribution in [0.3, 0.4) is 0 Å². The highest BCUT2D eigenvalue weighted by Crippen LogP contribution is 2.32. The fourth-order valence-electron chi connectivity index (χ4n) is 2.81. The molecule has 0 aliphatic carbocycles. The number of fused-ring (bicyclic) bond motifs is 1.